The van der Waals surface area contributed by atoms with Crippen molar-refractivity contribution in [3.8, 4) is 0 Å². The van der Waals surface area contributed by atoms with E-state index in [4.69, 9.17) is 4.74 Å². The maximum Gasteiger partial charge on any atom is 0.319 e. The topological polar surface area (TPSA) is 92.4 Å². The molecule has 7 heteroatoms. The van der Waals surface area contributed by atoms with Crippen LogP contribution in [-0.4, -0.2) is 36.7 Å². The molecule has 1 fully saturated rings. The predicted octanol–water partition coefficient (Wildman–Crippen LogP) is 4.73. The zero-order valence-corrected chi connectivity index (χ0v) is 19.6. The molecule has 180 valence electrons. The van der Waals surface area contributed by atoms with Gasteiger partial charge in [0.25, 0.3) is 5.91 Å². The van der Waals surface area contributed by atoms with Gasteiger partial charge in [-0.05, 0) is 66.3 Å². The fourth-order valence-corrected chi connectivity index (χ4v) is 3.79. The SMILES string of the molecule is O=C(NCC1CCOCC1)Nc1ccc(/C=C/c2cccc(C(=O)NCc3ccccn3)c2)cc1. The third-order valence-electron chi connectivity index (χ3n) is 5.83. The Morgan fingerprint density at radius 3 is 2.49 bits per heavy atom. The van der Waals surface area contributed by atoms with Crippen LogP contribution in [0.15, 0.2) is 72.9 Å². The number of anilines is 1. The number of benzene rings is 2. The number of urea groups is 1. The third-order valence-corrected chi connectivity index (χ3v) is 5.83. The summed E-state index contributed by atoms with van der Waals surface area (Å²) in [4.78, 5) is 28.9. The molecule has 4 rings (SSSR count). The molecular formula is C28H30N4O3. The summed E-state index contributed by atoms with van der Waals surface area (Å²) in [5, 5.41) is 8.71. The number of nitrogens with zero attached hydrogens (tertiary/aromatic N) is 1. The van der Waals surface area contributed by atoms with Gasteiger partial charge in [0, 0.05) is 37.2 Å². The van der Waals surface area contributed by atoms with Crippen molar-refractivity contribution in [2.75, 3.05) is 25.1 Å². The fourth-order valence-electron chi connectivity index (χ4n) is 3.79. The lowest BCUT2D eigenvalue weighted by Crippen LogP contribution is -2.35. The normalized spacial score (nSPS) is 13.9. The highest BCUT2D eigenvalue weighted by Gasteiger charge is 2.14. The molecule has 0 saturated carbocycles. The van der Waals surface area contributed by atoms with Crippen LogP contribution in [0.5, 0.6) is 0 Å². The van der Waals surface area contributed by atoms with Crippen molar-refractivity contribution in [3.63, 3.8) is 0 Å². The smallest absolute Gasteiger partial charge is 0.319 e. The molecule has 0 atom stereocenters. The maximum atomic E-state index is 12.5. The van der Waals surface area contributed by atoms with Crippen LogP contribution in [0.4, 0.5) is 10.5 Å². The Balaban J connectivity index is 1.27. The minimum atomic E-state index is -0.196. The Kier molecular flexibility index (Phi) is 8.62. The average Bonchev–Trinajstić information content (AvgIpc) is 2.91. The molecule has 1 aromatic heterocycles. The lowest BCUT2D eigenvalue weighted by Gasteiger charge is -2.22. The monoisotopic (exact) mass is 470 g/mol. The van der Waals surface area contributed by atoms with Gasteiger partial charge in [-0.3, -0.25) is 9.78 Å². The molecule has 0 aliphatic carbocycles. The van der Waals surface area contributed by atoms with E-state index in [9.17, 15) is 9.59 Å². The maximum absolute atomic E-state index is 12.5. The summed E-state index contributed by atoms with van der Waals surface area (Å²) in [5.74, 6) is 0.337. The van der Waals surface area contributed by atoms with Crippen molar-refractivity contribution < 1.29 is 14.3 Å². The van der Waals surface area contributed by atoms with E-state index in [-0.39, 0.29) is 11.9 Å². The molecule has 3 N–H and O–H groups in total. The molecule has 0 radical (unpaired) electrons. The highest BCUT2D eigenvalue weighted by atomic mass is 16.5. The van der Waals surface area contributed by atoms with Crippen LogP contribution < -0.4 is 16.0 Å². The van der Waals surface area contributed by atoms with Crippen LogP contribution in [0.25, 0.3) is 12.2 Å². The number of hydrogen-bond acceptors (Lipinski definition) is 4. The molecule has 0 spiro atoms. The lowest BCUT2D eigenvalue weighted by molar-refractivity contribution is 0.0671. The van der Waals surface area contributed by atoms with E-state index in [2.05, 4.69) is 20.9 Å². The number of carbonyl (C=O) groups excluding carboxylic acids is 2. The van der Waals surface area contributed by atoms with Gasteiger partial charge < -0.3 is 20.7 Å². The number of aromatic nitrogens is 1. The van der Waals surface area contributed by atoms with Gasteiger partial charge in [-0.15, -0.1) is 0 Å². The molecule has 0 unspecified atom stereocenters. The van der Waals surface area contributed by atoms with Gasteiger partial charge in [0.2, 0.25) is 0 Å². The second kappa shape index (κ2) is 12.5. The van der Waals surface area contributed by atoms with E-state index in [1.54, 1.807) is 12.3 Å². The van der Waals surface area contributed by atoms with Gasteiger partial charge in [0.15, 0.2) is 0 Å². The lowest BCUT2D eigenvalue weighted by atomic mass is 10.0. The number of ether oxygens (including phenoxy) is 1. The summed E-state index contributed by atoms with van der Waals surface area (Å²) in [6.45, 7) is 2.59. The van der Waals surface area contributed by atoms with Crippen molar-refractivity contribution in [2.45, 2.75) is 19.4 Å². The summed E-state index contributed by atoms with van der Waals surface area (Å²) in [6.07, 6.45) is 7.61. The van der Waals surface area contributed by atoms with Gasteiger partial charge in [0.05, 0.1) is 12.2 Å². The summed E-state index contributed by atoms with van der Waals surface area (Å²) in [7, 11) is 0. The van der Waals surface area contributed by atoms with Gasteiger partial charge >= 0.3 is 6.03 Å². The van der Waals surface area contributed by atoms with Crippen molar-refractivity contribution in [1.82, 2.24) is 15.6 Å². The number of pyridine rings is 1. The second-order valence-corrected chi connectivity index (χ2v) is 8.48. The standard InChI is InChI=1S/C28H30N4O3/c33-27(30-20-26-6-1-2-15-29-26)24-5-3-4-22(18-24)8-7-21-9-11-25(12-10-21)32-28(34)31-19-23-13-16-35-17-14-23/h1-12,15,18,23H,13-14,16-17,19-20H2,(H,30,33)(H2,31,32,34)/b8-7+. The van der Waals surface area contributed by atoms with Crippen LogP contribution in [0.1, 0.15) is 40.0 Å². The number of nitrogens with one attached hydrogen (secondary N) is 3. The molecular weight excluding hydrogens is 440 g/mol. The van der Waals surface area contributed by atoms with E-state index in [0.29, 0.717) is 24.6 Å². The van der Waals surface area contributed by atoms with Crippen LogP contribution in [0.2, 0.25) is 0 Å². The Morgan fingerprint density at radius 1 is 0.914 bits per heavy atom. The molecule has 35 heavy (non-hydrogen) atoms. The predicted molar refractivity (Wildman–Crippen MR) is 138 cm³/mol. The minimum absolute atomic E-state index is 0.142. The molecule has 1 saturated heterocycles. The van der Waals surface area contributed by atoms with Crippen LogP contribution in [-0.2, 0) is 11.3 Å². The average molecular weight is 471 g/mol. The molecule has 0 bridgehead atoms. The number of hydrogen-bond donors (Lipinski definition) is 3. The van der Waals surface area contributed by atoms with Crippen LogP contribution in [0.3, 0.4) is 0 Å². The molecule has 1 aliphatic rings. The molecule has 2 heterocycles. The highest BCUT2D eigenvalue weighted by molar-refractivity contribution is 5.95. The largest absolute Gasteiger partial charge is 0.381 e. The van der Waals surface area contributed by atoms with E-state index in [0.717, 1.165) is 48.6 Å². The Bertz CT molecular complexity index is 1140. The zero-order chi connectivity index (χ0) is 24.3. The number of amides is 3. The van der Waals surface area contributed by atoms with Crippen molar-refractivity contribution in [2.24, 2.45) is 5.92 Å². The third kappa shape index (κ3) is 7.79. The van der Waals surface area contributed by atoms with E-state index >= 15 is 0 Å². The van der Waals surface area contributed by atoms with Gasteiger partial charge in [-0.2, -0.15) is 0 Å². The van der Waals surface area contributed by atoms with E-state index in [1.165, 1.54) is 0 Å². The van der Waals surface area contributed by atoms with Crippen LogP contribution >= 0.6 is 0 Å². The Hall–Kier alpha value is -3.97. The summed E-state index contributed by atoms with van der Waals surface area (Å²) < 4.78 is 5.35. The first-order valence-electron chi connectivity index (χ1n) is 11.8. The van der Waals surface area contributed by atoms with Crippen LogP contribution in [0, 0.1) is 5.92 Å². The van der Waals surface area contributed by atoms with Gasteiger partial charge in [0.1, 0.15) is 0 Å². The van der Waals surface area contributed by atoms with Crippen molar-refractivity contribution in [3.05, 3.63) is 95.3 Å². The summed E-state index contributed by atoms with van der Waals surface area (Å²) >= 11 is 0. The van der Waals surface area contributed by atoms with Crippen molar-refractivity contribution in [1.29, 1.82) is 0 Å². The Labute approximate surface area is 205 Å². The molecule has 3 amide bonds. The zero-order valence-electron chi connectivity index (χ0n) is 19.6. The first kappa shape index (κ1) is 24.2. The quantitative estimate of drug-likeness (QED) is 0.415. The van der Waals surface area contributed by atoms with Gasteiger partial charge in [-0.25, -0.2) is 4.79 Å². The van der Waals surface area contributed by atoms with Crippen molar-refractivity contribution >= 4 is 29.8 Å². The first-order chi connectivity index (χ1) is 17.2. The molecule has 3 aromatic rings. The number of rotatable bonds is 8. The minimum Gasteiger partial charge on any atom is -0.381 e. The summed E-state index contributed by atoms with van der Waals surface area (Å²) in [5.41, 5.74) is 4.05. The Morgan fingerprint density at radius 2 is 1.71 bits per heavy atom. The molecule has 2 aromatic carbocycles. The summed E-state index contributed by atoms with van der Waals surface area (Å²) in [6, 6.07) is 20.5. The van der Waals surface area contributed by atoms with E-state index in [1.807, 2.05) is 72.8 Å². The second-order valence-electron chi connectivity index (χ2n) is 8.48. The number of carbonyl (C=O) groups is 2. The fraction of sp³-hybridized carbons (Fsp3) is 0.250. The van der Waals surface area contributed by atoms with Gasteiger partial charge in [-0.1, -0.05) is 42.5 Å². The molecule has 7 nitrogen and oxygen atoms in total. The van der Waals surface area contributed by atoms with E-state index < -0.39 is 0 Å². The first-order valence-corrected chi connectivity index (χ1v) is 11.8. The molecule has 1 aliphatic heterocycles. The highest BCUT2D eigenvalue weighted by Crippen LogP contribution is 2.15.